The fraction of sp³-hybridized carbons (Fsp3) is 0.875. The zero-order chi connectivity index (χ0) is 13.2. The first-order valence-electron chi connectivity index (χ1n) is 7.52. The molecule has 2 unspecified atom stereocenters. The van der Waals surface area contributed by atoms with Crippen LogP contribution in [0, 0.1) is 17.8 Å². The lowest BCUT2D eigenvalue weighted by Crippen LogP contribution is -2.51. The van der Waals surface area contributed by atoms with Gasteiger partial charge in [0.1, 0.15) is 0 Å². The molecule has 1 heterocycles. The van der Waals surface area contributed by atoms with Crippen LogP contribution in [0.4, 0.5) is 0 Å². The highest BCUT2D eigenvalue weighted by atomic mass is 16.7. The molecule has 0 aromatic heterocycles. The zero-order valence-corrected chi connectivity index (χ0v) is 12.4. The quantitative estimate of drug-likeness (QED) is 0.702. The molecular formula is C16H28O2. The normalized spacial score (nSPS) is 41.6. The van der Waals surface area contributed by atoms with Crippen molar-refractivity contribution in [1.82, 2.24) is 0 Å². The SMILES string of the molecule is CCCC1(C2CCC(C)=CC2C)OCC(C)CO1. The molecule has 0 saturated carbocycles. The molecule has 1 aliphatic carbocycles. The van der Waals surface area contributed by atoms with Crippen LogP contribution in [0.1, 0.15) is 53.4 Å². The van der Waals surface area contributed by atoms with Crippen molar-refractivity contribution in [2.45, 2.75) is 59.2 Å². The first-order chi connectivity index (χ1) is 8.57. The Morgan fingerprint density at radius 3 is 2.50 bits per heavy atom. The fourth-order valence-electron chi connectivity index (χ4n) is 3.46. The molecule has 0 spiro atoms. The summed E-state index contributed by atoms with van der Waals surface area (Å²) in [6.45, 7) is 10.7. The van der Waals surface area contributed by atoms with Gasteiger partial charge in [0.15, 0.2) is 5.79 Å². The highest BCUT2D eigenvalue weighted by Gasteiger charge is 2.45. The molecule has 104 valence electrons. The van der Waals surface area contributed by atoms with E-state index in [-0.39, 0.29) is 5.79 Å². The summed E-state index contributed by atoms with van der Waals surface area (Å²) in [4.78, 5) is 0. The number of hydrogen-bond donors (Lipinski definition) is 0. The smallest absolute Gasteiger partial charge is 0.171 e. The lowest BCUT2D eigenvalue weighted by Gasteiger charge is -2.47. The molecular weight excluding hydrogens is 224 g/mol. The Morgan fingerprint density at radius 1 is 1.28 bits per heavy atom. The summed E-state index contributed by atoms with van der Waals surface area (Å²) in [5.74, 6) is 1.32. The van der Waals surface area contributed by atoms with E-state index in [4.69, 9.17) is 9.47 Å². The first-order valence-corrected chi connectivity index (χ1v) is 7.52. The minimum Gasteiger partial charge on any atom is -0.349 e. The van der Waals surface area contributed by atoms with Gasteiger partial charge in [-0.3, -0.25) is 0 Å². The van der Waals surface area contributed by atoms with Gasteiger partial charge in [0.25, 0.3) is 0 Å². The minimum atomic E-state index is -0.308. The molecule has 1 fully saturated rings. The summed E-state index contributed by atoms with van der Waals surface area (Å²) in [6.07, 6.45) is 6.97. The van der Waals surface area contributed by atoms with Crippen molar-refractivity contribution in [3.63, 3.8) is 0 Å². The van der Waals surface area contributed by atoms with Gasteiger partial charge in [-0.05, 0) is 25.7 Å². The maximum atomic E-state index is 6.21. The van der Waals surface area contributed by atoms with Gasteiger partial charge in [-0.15, -0.1) is 0 Å². The molecule has 1 aliphatic heterocycles. The fourth-order valence-corrected chi connectivity index (χ4v) is 3.46. The molecule has 0 bridgehead atoms. The van der Waals surface area contributed by atoms with E-state index in [1.54, 1.807) is 0 Å². The third-order valence-corrected chi connectivity index (χ3v) is 4.42. The molecule has 2 aliphatic rings. The van der Waals surface area contributed by atoms with E-state index in [9.17, 15) is 0 Å². The highest BCUT2D eigenvalue weighted by Crippen LogP contribution is 2.43. The lowest BCUT2D eigenvalue weighted by atomic mass is 9.75. The van der Waals surface area contributed by atoms with E-state index in [0.717, 1.165) is 26.1 Å². The lowest BCUT2D eigenvalue weighted by molar-refractivity contribution is -0.316. The molecule has 0 N–H and O–H groups in total. The Labute approximate surface area is 112 Å². The van der Waals surface area contributed by atoms with E-state index in [0.29, 0.717) is 17.8 Å². The molecule has 2 heteroatoms. The topological polar surface area (TPSA) is 18.5 Å². The summed E-state index contributed by atoms with van der Waals surface area (Å²) >= 11 is 0. The Balaban J connectivity index is 2.14. The van der Waals surface area contributed by atoms with Crippen molar-refractivity contribution in [2.75, 3.05) is 13.2 Å². The van der Waals surface area contributed by atoms with Crippen molar-refractivity contribution >= 4 is 0 Å². The van der Waals surface area contributed by atoms with Gasteiger partial charge in [-0.2, -0.15) is 0 Å². The van der Waals surface area contributed by atoms with Crippen molar-refractivity contribution in [2.24, 2.45) is 17.8 Å². The van der Waals surface area contributed by atoms with Crippen LogP contribution in [-0.4, -0.2) is 19.0 Å². The molecule has 1 saturated heterocycles. The molecule has 0 aromatic rings. The monoisotopic (exact) mass is 252 g/mol. The summed E-state index contributed by atoms with van der Waals surface area (Å²) in [5, 5.41) is 0. The minimum absolute atomic E-state index is 0.308. The first kappa shape index (κ1) is 14.1. The van der Waals surface area contributed by atoms with Crippen LogP contribution in [0.5, 0.6) is 0 Å². The zero-order valence-electron chi connectivity index (χ0n) is 12.4. The number of hydrogen-bond acceptors (Lipinski definition) is 2. The van der Waals surface area contributed by atoms with Gasteiger partial charge < -0.3 is 9.47 Å². The maximum absolute atomic E-state index is 6.21. The molecule has 0 amide bonds. The van der Waals surface area contributed by atoms with Crippen LogP contribution in [0.3, 0.4) is 0 Å². The largest absolute Gasteiger partial charge is 0.349 e. The Morgan fingerprint density at radius 2 is 1.94 bits per heavy atom. The van der Waals surface area contributed by atoms with Gasteiger partial charge in [-0.25, -0.2) is 0 Å². The summed E-state index contributed by atoms with van der Waals surface area (Å²) in [7, 11) is 0. The molecule has 2 rings (SSSR count). The number of ether oxygens (including phenoxy) is 2. The molecule has 0 radical (unpaired) electrons. The second kappa shape index (κ2) is 5.75. The molecule has 2 nitrogen and oxygen atoms in total. The van der Waals surface area contributed by atoms with Gasteiger partial charge in [0.05, 0.1) is 13.2 Å². The third-order valence-electron chi connectivity index (χ3n) is 4.42. The van der Waals surface area contributed by atoms with E-state index in [1.165, 1.54) is 18.4 Å². The summed E-state index contributed by atoms with van der Waals surface area (Å²) < 4.78 is 12.4. The van der Waals surface area contributed by atoms with Crippen LogP contribution >= 0.6 is 0 Å². The second-order valence-electron chi connectivity index (χ2n) is 6.31. The van der Waals surface area contributed by atoms with Gasteiger partial charge in [0.2, 0.25) is 0 Å². The summed E-state index contributed by atoms with van der Waals surface area (Å²) in [5.41, 5.74) is 1.52. The van der Waals surface area contributed by atoms with E-state index >= 15 is 0 Å². The molecule has 0 aromatic carbocycles. The Bertz CT molecular complexity index is 300. The van der Waals surface area contributed by atoms with Crippen molar-refractivity contribution in [1.29, 1.82) is 0 Å². The molecule has 18 heavy (non-hydrogen) atoms. The van der Waals surface area contributed by atoms with Crippen LogP contribution in [0.2, 0.25) is 0 Å². The molecule has 2 atom stereocenters. The number of rotatable bonds is 3. The second-order valence-corrected chi connectivity index (χ2v) is 6.31. The standard InChI is InChI=1S/C16H28O2/c1-5-8-16(17-10-13(3)11-18-16)15-7-6-12(2)9-14(15)4/h9,13-15H,5-8,10-11H2,1-4H3. The average Bonchev–Trinajstić information content (AvgIpc) is 2.33. The summed E-state index contributed by atoms with van der Waals surface area (Å²) in [6, 6.07) is 0. The van der Waals surface area contributed by atoms with Crippen molar-refractivity contribution in [3.05, 3.63) is 11.6 Å². The van der Waals surface area contributed by atoms with Gasteiger partial charge >= 0.3 is 0 Å². The van der Waals surface area contributed by atoms with Crippen LogP contribution in [0.25, 0.3) is 0 Å². The van der Waals surface area contributed by atoms with Crippen LogP contribution < -0.4 is 0 Å². The van der Waals surface area contributed by atoms with Gasteiger partial charge in [-0.1, -0.05) is 38.8 Å². The van der Waals surface area contributed by atoms with E-state index in [1.807, 2.05) is 0 Å². The maximum Gasteiger partial charge on any atom is 0.171 e. The van der Waals surface area contributed by atoms with E-state index in [2.05, 4.69) is 33.8 Å². The van der Waals surface area contributed by atoms with Crippen LogP contribution in [-0.2, 0) is 9.47 Å². The number of allylic oxidation sites excluding steroid dienone is 2. The van der Waals surface area contributed by atoms with Gasteiger partial charge in [0, 0.05) is 18.3 Å². The predicted molar refractivity (Wildman–Crippen MR) is 74.4 cm³/mol. The van der Waals surface area contributed by atoms with E-state index < -0.39 is 0 Å². The van der Waals surface area contributed by atoms with Crippen molar-refractivity contribution < 1.29 is 9.47 Å². The van der Waals surface area contributed by atoms with Crippen LogP contribution in [0.15, 0.2) is 11.6 Å². The highest BCUT2D eigenvalue weighted by molar-refractivity contribution is 5.08. The predicted octanol–water partition coefficient (Wildman–Crippen LogP) is 4.16. The Hall–Kier alpha value is -0.340. The van der Waals surface area contributed by atoms with Crippen molar-refractivity contribution in [3.8, 4) is 0 Å². The average molecular weight is 252 g/mol. The Kier molecular flexibility index (Phi) is 4.50. The third kappa shape index (κ3) is 2.80.